The van der Waals surface area contributed by atoms with Gasteiger partial charge in [0.2, 0.25) is 11.8 Å². The molecule has 0 amide bonds. The summed E-state index contributed by atoms with van der Waals surface area (Å²) in [5, 5.41) is 16.6. The molecule has 0 N–H and O–H groups in total. The second-order valence-electron chi connectivity index (χ2n) is 5.69. The third-order valence-electron chi connectivity index (χ3n) is 3.84. The Labute approximate surface area is 147 Å². The molecule has 0 unspecified atom stereocenters. The van der Waals surface area contributed by atoms with E-state index < -0.39 is 11.7 Å². The van der Waals surface area contributed by atoms with Crippen molar-refractivity contribution in [3.63, 3.8) is 0 Å². The van der Waals surface area contributed by atoms with Crippen LogP contribution in [-0.2, 0) is 19.0 Å². The normalized spacial score (nSPS) is 11.3. The van der Waals surface area contributed by atoms with Crippen molar-refractivity contribution in [1.29, 1.82) is 5.26 Å². The third-order valence-corrected chi connectivity index (χ3v) is 3.84. The van der Waals surface area contributed by atoms with E-state index in [9.17, 15) is 13.2 Å². The van der Waals surface area contributed by atoms with Gasteiger partial charge in [-0.1, -0.05) is 30.3 Å². The summed E-state index contributed by atoms with van der Waals surface area (Å²) in [5.41, 5.74) is 1.66. The Morgan fingerprint density at radius 1 is 1.00 bits per heavy atom. The molecular weight excluding hydrogens is 343 g/mol. The second-order valence-corrected chi connectivity index (χ2v) is 5.69. The lowest BCUT2D eigenvalue weighted by Gasteiger charge is -2.09. The van der Waals surface area contributed by atoms with Crippen molar-refractivity contribution in [1.82, 2.24) is 10.2 Å². The summed E-state index contributed by atoms with van der Waals surface area (Å²) in [5.74, 6) is 0.714. The molecule has 0 atom stereocenters. The van der Waals surface area contributed by atoms with Crippen LogP contribution in [0, 0.1) is 11.3 Å². The van der Waals surface area contributed by atoms with Crippen molar-refractivity contribution >= 4 is 0 Å². The highest BCUT2D eigenvalue weighted by atomic mass is 19.4. The van der Waals surface area contributed by atoms with E-state index in [0.717, 1.165) is 28.8 Å². The minimum atomic E-state index is -4.35. The SMILES string of the molecule is N#CCCc1nnc(-c2ccccc2Cc2ccc(C(F)(F)F)cc2)o1. The van der Waals surface area contributed by atoms with Crippen LogP contribution in [0.1, 0.15) is 29.0 Å². The smallest absolute Gasteiger partial charge is 0.416 e. The van der Waals surface area contributed by atoms with Gasteiger partial charge in [-0.25, -0.2) is 0 Å². The van der Waals surface area contributed by atoms with E-state index in [1.807, 2.05) is 30.3 Å². The maximum atomic E-state index is 12.7. The second kappa shape index (κ2) is 7.40. The van der Waals surface area contributed by atoms with E-state index >= 15 is 0 Å². The number of nitriles is 1. The van der Waals surface area contributed by atoms with E-state index in [4.69, 9.17) is 9.68 Å². The Kier molecular flexibility index (Phi) is 5.03. The molecule has 0 aliphatic carbocycles. The summed E-state index contributed by atoms with van der Waals surface area (Å²) in [4.78, 5) is 0. The average Bonchev–Trinajstić information content (AvgIpc) is 3.09. The molecule has 0 bridgehead atoms. The van der Waals surface area contributed by atoms with E-state index in [1.54, 1.807) is 0 Å². The Balaban J connectivity index is 1.83. The molecular formula is C19H14F3N3O. The van der Waals surface area contributed by atoms with Crippen LogP contribution in [0.5, 0.6) is 0 Å². The van der Waals surface area contributed by atoms with Crippen molar-refractivity contribution in [2.75, 3.05) is 0 Å². The highest BCUT2D eigenvalue weighted by Gasteiger charge is 2.29. The summed E-state index contributed by atoms with van der Waals surface area (Å²) in [6.45, 7) is 0. The van der Waals surface area contributed by atoms with Gasteiger partial charge in [-0.05, 0) is 35.7 Å². The Morgan fingerprint density at radius 3 is 2.42 bits per heavy atom. The molecule has 0 fully saturated rings. The third kappa shape index (κ3) is 4.09. The molecule has 26 heavy (non-hydrogen) atoms. The quantitative estimate of drug-likeness (QED) is 0.658. The molecule has 0 saturated heterocycles. The van der Waals surface area contributed by atoms with E-state index in [2.05, 4.69) is 10.2 Å². The Morgan fingerprint density at radius 2 is 1.73 bits per heavy atom. The maximum Gasteiger partial charge on any atom is 0.416 e. The number of aromatic nitrogens is 2. The number of aryl methyl sites for hydroxylation is 1. The van der Waals surface area contributed by atoms with Gasteiger partial charge in [0.1, 0.15) is 0 Å². The topological polar surface area (TPSA) is 62.7 Å². The molecule has 1 aromatic heterocycles. The number of halogens is 3. The van der Waals surface area contributed by atoms with Crippen LogP contribution in [0.25, 0.3) is 11.5 Å². The molecule has 0 saturated carbocycles. The molecule has 1 heterocycles. The zero-order valence-corrected chi connectivity index (χ0v) is 13.6. The van der Waals surface area contributed by atoms with Gasteiger partial charge < -0.3 is 4.42 Å². The van der Waals surface area contributed by atoms with Crippen molar-refractivity contribution in [2.24, 2.45) is 0 Å². The Hall–Kier alpha value is -3.14. The van der Waals surface area contributed by atoms with Gasteiger partial charge in [-0.3, -0.25) is 0 Å². The first-order valence-corrected chi connectivity index (χ1v) is 7.91. The summed E-state index contributed by atoms with van der Waals surface area (Å²) in [7, 11) is 0. The van der Waals surface area contributed by atoms with Gasteiger partial charge in [0.15, 0.2) is 0 Å². The van der Waals surface area contributed by atoms with Gasteiger partial charge in [0.25, 0.3) is 0 Å². The summed E-state index contributed by atoms with van der Waals surface area (Å²) >= 11 is 0. The van der Waals surface area contributed by atoms with Crippen LogP contribution in [0.15, 0.2) is 52.9 Å². The van der Waals surface area contributed by atoms with E-state index in [-0.39, 0.29) is 6.42 Å². The lowest BCUT2D eigenvalue weighted by Crippen LogP contribution is -2.04. The first-order valence-electron chi connectivity index (χ1n) is 7.91. The van der Waals surface area contributed by atoms with E-state index in [0.29, 0.717) is 24.6 Å². The fourth-order valence-corrected chi connectivity index (χ4v) is 2.54. The molecule has 3 aromatic rings. The standard InChI is InChI=1S/C19H14F3N3O/c20-19(21,22)15-9-7-13(8-10-15)12-14-4-1-2-5-16(14)18-25-24-17(26-18)6-3-11-23/h1-2,4-5,7-10H,3,6,12H2. The summed E-state index contributed by atoms with van der Waals surface area (Å²) < 4.78 is 43.6. The van der Waals surface area contributed by atoms with Crippen molar-refractivity contribution in [3.8, 4) is 17.5 Å². The van der Waals surface area contributed by atoms with Gasteiger partial charge >= 0.3 is 6.18 Å². The highest BCUT2D eigenvalue weighted by Crippen LogP contribution is 2.30. The van der Waals surface area contributed by atoms with Crippen molar-refractivity contribution in [3.05, 3.63) is 71.1 Å². The molecule has 3 rings (SSSR count). The van der Waals surface area contributed by atoms with Crippen LogP contribution < -0.4 is 0 Å². The molecule has 4 nitrogen and oxygen atoms in total. The molecule has 0 radical (unpaired) electrons. The van der Waals surface area contributed by atoms with Gasteiger partial charge in [-0.15, -0.1) is 10.2 Å². The summed E-state index contributed by atoms with van der Waals surface area (Å²) in [6.07, 6.45) is -3.25. The van der Waals surface area contributed by atoms with Crippen LogP contribution in [0.3, 0.4) is 0 Å². The number of hydrogen-bond donors (Lipinski definition) is 0. The molecule has 132 valence electrons. The monoisotopic (exact) mass is 357 g/mol. The zero-order valence-electron chi connectivity index (χ0n) is 13.6. The first-order chi connectivity index (χ1) is 12.5. The number of hydrogen-bond acceptors (Lipinski definition) is 4. The van der Waals surface area contributed by atoms with Crippen LogP contribution in [0.2, 0.25) is 0 Å². The number of benzene rings is 2. The molecule has 0 spiro atoms. The van der Waals surface area contributed by atoms with Crippen LogP contribution in [-0.4, -0.2) is 10.2 Å². The fourth-order valence-electron chi connectivity index (χ4n) is 2.54. The van der Waals surface area contributed by atoms with Crippen molar-refractivity contribution < 1.29 is 17.6 Å². The van der Waals surface area contributed by atoms with Crippen LogP contribution in [0.4, 0.5) is 13.2 Å². The predicted octanol–water partition coefficient (Wildman–Crippen LogP) is 4.80. The number of nitrogens with zero attached hydrogens (tertiary/aromatic N) is 3. The van der Waals surface area contributed by atoms with Gasteiger partial charge in [0, 0.05) is 18.4 Å². The largest absolute Gasteiger partial charge is 0.421 e. The lowest BCUT2D eigenvalue weighted by molar-refractivity contribution is -0.137. The Bertz CT molecular complexity index is 924. The molecule has 7 heteroatoms. The van der Waals surface area contributed by atoms with Crippen molar-refractivity contribution in [2.45, 2.75) is 25.4 Å². The number of alkyl halides is 3. The van der Waals surface area contributed by atoms with E-state index in [1.165, 1.54) is 12.1 Å². The predicted molar refractivity (Wildman–Crippen MR) is 87.9 cm³/mol. The number of rotatable bonds is 5. The lowest BCUT2D eigenvalue weighted by atomic mass is 9.99. The van der Waals surface area contributed by atoms with Gasteiger partial charge in [0.05, 0.1) is 11.6 Å². The maximum absolute atomic E-state index is 12.7. The average molecular weight is 357 g/mol. The van der Waals surface area contributed by atoms with Crippen LogP contribution >= 0.6 is 0 Å². The fraction of sp³-hybridized carbons (Fsp3) is 0.211. The minimum Gasteiger partial charge on any atom is -0.421 e. The zero-order chi connectivity index (χ0) is 18.6. The first kappa shape index (κ1) is 17.7. The van der Waals surface area contributed by atoms with Gasteiger partial charge in [-0.2, -0.15) is 18.4 Å². The molecule has 2 aromatic carbocycles. The molecule has 0 aliphatic rings. The highest BCUT2D eigenvalue weighted by molar-refractivity contribution is 5.59. The minimum absolute atomic E-state index is 0.287. The molecule has 0 aliphatic heterocycles. The summed E-state index contributed by atoms with van der Waals surface area (Å²) in [6, 6.07) is 14.4.